The number of ether oxygens (including phenoxy) is 2. The number of nitrogens with zero attached hydrogens (tertiary/aromatic N) is 2. The van der Waals surface area contributed by atoms with Gasteiger partial charge in [-0.1, -0.05) is 35.9 Å². The first-order valence-corrected chi connectivity index (χ1v) is 9.14. The van der Waals surface area contributed by atoms with Crippen molar-refractivity contribution >= 4 is 11.6 Å². The van der Waals surface area contributed by atoms with Crippen molar-refractivity contribution in [2.45, 2.75) is 12.8 Å². The number of nitrogens with one attached hydrogen (secondary N) is 1. The summed E-state index contributed by atoms with van der Waals surface area (Å²) in [6, 6.07) is 17.2. The molecule has 0 radical (unpaired) electrons. The molecule has 0 aliphatic carbocycles. The van der Waals surface area contributed by atoms with Crippen LogP contribution in [0.4, 0.5) is 0 Å². The smallest absolute Gasteiger partial charge is 0.244 e. The van der Waals surface area contributed by atoms with Crippen molar-refractivity contribution in [1.82, 2.24) is 10.2 Å². The van der Waals surface area contributed by atoms with Crippen molar-refractivity contribution in [3.8, 4) is 29.0 Å². The van der Waals surface area contributed by atoms with E-state index in [4.69, 9.17) is 26.8 Å². The predicted octanol–water partition coefficient (Wildman–Crippen LogP) is 4.35. The van der Waals surface area contributed by atoms with Gasteiger partial charge in [-0.05, 0) is 36.8 Å². The number of hydrogen-bond acceptors (Lipinski definition) is 5. The van der Waals surface area contributed by atoms with Crippen LogP contribution in [0.3, 0.4) is 0 Å². The number of rotatable bonds is 4. The zero-order chi connectivity index (χ0) is 19.7. The molecule has 0 saturated heterocycles. The summed E-state index contributed by atoms with van der Waals surface area (Å²) in [7, 11) is 0. The Labute approximate surface area is 167 Å². The maximum atomic E-state index is 9.75. The highest BCUT2D eigenvalue weighted by molar-refractivity contribution is 6.30. The van der Waals surface area contributed by atoms with E-state index in [-0.39, 0.29) is 5.88 Å². The normalized spacial score (nSPS) is 15.5. The second-order valence-corrected chi connectivity index (χ2v) is 6.69. The van der Waals surface area contributed by atoms with Gasteiger partial charge in [0.1, 0.15) is 17.4 Å². The number of H-pyrrole nitrogens is 1. The van der Waals surface area contributed by atoms with Crippen LogP contribution >= 0.6 is 11.6 Å². The summed E-state index contributed by atoms with van der Waals surface area (Å²) >= 11 is 6.20. The van der Waals surface area contributed by atoms with Gasteiger partial charge in [0, 0.05) is 10.6 Å². The third-order valence-electron chi connectivity index (χ3n) is 4.55. The minimum atomic E-state index is -0.447. The number of benzene rings is 2. The van der Waals surface area contributed by atoms with Gasteiger partial charge in [0.15, 0.2) is 0 Å². The lowest BCUT2D eigenvalue weighted by atomic mass is 9.83. The fourth-order valence-corrected chi connectivity index (χ4v) is 3.59. The molecule has 4 rings (SSSR count). The molecule has 2 heterocycles. The van der Waals surface area contributed by atoms with Crippen LogP contribution < -0.4 is 15.2 Å². The highest BCUT2D eigenvalue weighted by Gasteiger charge is 2.35. The Morgan fingerprint density at radius 2 is 2.11 bits per heavy atom. The molecule has 0 fully saturated rings. The predicted molar refractivity (Wildman–Crippen MR) is 106 cm³/mol. The summed E-state index contributed by atoms with van der Waals surface area (Å²) in [4.78, 5) is 0. The summed E-state index contributed by atoms with van der Waals surface area (Å²) in [6.07, 6.45) is 0. The van der Waals surface area contributed by atoms with Gasteiger partial charge in [0.2, 0.25) is 11.8 Å². The Bertz CT molecular complexity index is 1110. The fraction of sp³-hybridized carbons (Fsp3) is 0.143. The summed E-state index contributed by atoms with van der Waals surface area (Å²) in [5, 5.41) is 17.6. The summed E-state index contributed by atoms with van der Waals surface area (Å²) in [6.45, 7) is 2.50. The Kier molecular flexibility index (Phi) is 4.68. The Morgan fingerprint density at radius 1 is 1.29 bits per heavy atom. The average molecular weight is 393 g/mol. The minimum absolute atomic E-state index is 0.0427. The van der Waals surface area contributed by atoms with Crippen molar-refractivity contribution in [2.24, 2.45) is 5.73 Å². The average Bonchev–Trinajstić information content (AvgIpc) is 3.10. The van der Waals surface area contributed by atoms with Crippen LogP contribution in [0.5, 0.6) is 11.6 Å². The van der Waals surface area contributed by atoms with E-state index in [2.05, 4.69) is 16.3 Å². The van der Waals surface area contributed by atoms with Crippen LogP contribution in [0.1, 0.15) is 24.0 Å². The zero-order valence-electron chi connectivity index (χ0n) is 15.1. The first-order chi connectivity index (χ1) is 13.6. The first-order valence-electron chi connectivity index (χ1n) is 8.77. The summed E-state index contributed by atoms with van der Waals surface area (Å²) < 4.78 is 11.2. The zero-order valence-corrected chi connectivity index (χ0v) is 15.8. The van der Waals surface area contributed by atoms with Crippen LogP contribution in [0.2, 0.25) is 5.02 Å². The quantitative estimate of drug-likeness (QED) is 0.688. The maximum absolute atomic E-state index is 9.75. The van der Waals surface area contributed by atoms with Crippen LogP contribution in [0.15, 0.2) is 60.0 Å². The van der Waals surface area contributed by atoms with Crippen molar-refractivity contribution in [1.29, 1.82) is 5.26 Å². The maximum Gasteiger partial charge on any atom is 0.244 e. The van der Waals surface area contributed by atoms with Crippen molar-refractivity contribution in [3.63, 3.8) is 0 Å². The van der Waals surface area contributed by atoms with E-state index in [1.807, 2.05) is 49.4 Å². The number of halogens is 1. The molecule has 0 bridgehead atoms. The van der Waals surface area contributed by atoms with E-state index in [1.54, 1.807) is 6.07 Å². The molecule has 7 heteroatoms. The standard InChI is InChI=1S/C21H17ClN4O2/c1-2-27-15-8-4-6-13(10-15)19-18-17(12-5-3-7-14(22)9-12)16(11-23)20(24)28-21(18)26-25-19/h3-10,17H,2,24H2,1H3,(H,25,26). The SMILES string of the molecule is CCOc1cccc(-c2[nH]nc3c2C(c2cccc(Cl)c2)C(C#N)=C(N)O3)c1. The molecular weight excluding hydrogens is 376 g/mol. The largest absolute Gasteiger partial charge is 0.494 e. The molecule has 140 valence electrons. The Balaban J connectivity index is 1.91. The molecular formula is C21H17ClN4O2. The molecule has 3 aromatic rings. The third-order valence-corrected chi connectivity index (χ3v) is 4.79. The molecule has 3 N–H and O–H groups in total. The molecule has 1 atom stereocenters. The number of aromatic amines is 1. The van der Waals surface area contributed by atoms with Gasteiger partial charge >= 0.3 is 0 Å². The summed E-state index contributed by atoms with van der Waals surface area (Å²) in [5.74, 6) is 0.686. The van der Waals surface area contributed by atoms with E-state index in [0.29, 0.717) is 23.1 Å². The molecule has 0 saturated carbocycles. The van der Waals surface area contributed by atoms with E-state index in [0.717, 1.165) is 28.1 Å². The van der Waals surface area contributed by atoms with Crippen LogP contribution in [0, 0.1) is 11.3 Å². The molecule has 1 aliphatic rings. The van der Waals surface area contributed by atoms with Gasteiger partial charge in [-0.15, -0.1) is 5.10 Å². The van der Waals surface area contributed by atoms with Crippen LogP contribution in [-0.4, -0.2) is 16.8 Å². The molecule has 0 amide bonds. The van der Waals surface area contributed by atoms with Crippen molar-refractivity contribution in [2.75, 3.05) is 6.61 Å². The fourth-order valence-electron chi connectivity index (χ4n) is 3.39. The number of nitrogens with two attached hydrogens (primary N) is 1. The van der Waals surface area contributed by atoms with Crippen molar-refractivity contribution in [3.05, 3.63) is 76.1 Å². The minimum Gasteiger partial charge on any atom is -0.494 e. The van der Waals surface area contributed by atoms with Gasteiger partial charge in [0.05, 0.1) is 23.8 Å². The van der Waals surface area contributed by atoms with E-state index in [1.165, 1.54) is 0 Å². The molecule has 1 unspecified atom stereocenters. The third kappa shape index (κ3) is 3.06. The first kappa shape index (κ1) is 18.0. The molecule has 2 aromatic carbocycles. The topological polar surface area (TPSA) is 97.0 Å². The second-order valence-electron chi connectivity index (χ2n) is 6.26. The van der Waals surface area contributed by atoms with Crippen molar-refractivity contribution < 1.29 is 9.47 Å². The molecule has 28 heavy (non-hydrogen) atoms. The van der Waals surface area contributed by atoms with Gasteiger partial charge < -0.3 is 15.2 Å². The van der Waals surface area contributed by atoms with Gasteiger partial charge in [0.25, 0.3) is 0 Å². The number of nitriles is 1. The van der Waals surface area contributed by atoms with Crippen LogP contribution in [0.25, 0.3) is 11.3 Å². The molecule has 1 aromatic heterocycles. The molecule has 0 spiro atoms. The molecule has 1 aliphatic heterocycles. The number of aromatic nitrogens is 2. The highest BCUT2D eigenvalue weighted by Crippen LogP contribution is 2.46. The van der Waals surface area contributed by atoms with E-state index in [9.17, 15) is 5.26 Å². The Morgan fingerprint density at radius 3 is 2.86 bits per heavy atom. The molecule has 6 nitrogen and oxygen atoms in total. The van der Waals surface area contributed by atoms with Crippen LogP contribution in [-0.2, 0) is 0 Å². The lowest BCUT2D eigenvalue weighted by molar-refractivity contribution is 0.340. The van der Waals surface area contributed by atoms with E-state index >= 15 is 0 Å². The lowest BCUT2D eigenvalue weighted by Gasteiger charge is -2.24. The summed E-state index contributed by atoms with van der Waals surface area (Å²) in [5.41, 5.74) is 9.51. The van der Waals surface area contributed by atoms with Gasteiger partial charge in [-0.3, -0.25) is 5.10 Å². The Hall–Kier alpha value is -3.43. The van der Waals surface area contributed by atoms with Gasteiger partial charge in [-0.2, -0.15) is 5.26 Å². The highest BCUT2D eigenvalue weighted by atomic mass is 35.5. The number of allylic oxidation sites excluding steroid dienone is 1. The second kappa shape index (κ2) is 7.29. The monoisotopic (exact) mass is 392 g/mol. The number of hydrogen-bond donors (Lipinski definition) is 2. The number of fused-ring (bicyclic) bond motifs is 1. The lowest BCUT2D eigenvalue weighted by Crippen LogP contribution is -2.21. The van der Waals surface area contributed by atoms with E-state index < -0.39 is 5.92 Å². The van der Waals surface area contributed by atoms with Gasteiger partial charge in [-0.25, -0.2) is 0 Å².